The predicted octanol–water partition coefficient (Wildman–Crippen LogP) is 1.79. The lowest BCUT2D eigenvalue weighted by atomic mass is 10.0. The number of aryl methyl sites for hydroxylation is 1. The number of phenolic OH excluding ortho intramolecular Hbond substituents is 1. The van der Waals surface area contributed by atoms with Gasteiger partial charge in [-0.2, -0.15) is 0 Å². The molecule has 4 rings (SSSR count). The zero-order valence-corrected chi connectivity index (χ0v) is 23.6. The maximum absolute atomic E-state index is 13.5. The number of hydrogen-bond donors (Lipinski definition) is 5. The van der Waals surface area contributed by atoms with Crippen molar-refractivity contribution in [2.75, 3.05) is 20.1 Å². The number of aliphatic hydroxyl groups excluding tert-OH is 1. The van der Waals surface area contributed by atoms with Gasteiger partial charge in [-0.05, 0) is 74.8 Å². The van der Waals surface area contributed by atoms with E-state index in [4.69, 9.17) is 4.74 Å². The number of aromatic hydroxyl groups is 1. The fourth-order valence-corrected chi connectivity index (χ4v) is 4.93. The third kappa shape index (κ3) is 7.53. The molecule has 5 atom stereocenters. The van der Waals surface area contributed by atoms with E-state index in [1.807, 2.05) is 13.0 Å². The smallest absolute Gasteiger partial charge is 0.245 e. The number of phenols is 1. The summed E-state index contributed by atoms with van der Waals surface area (Å²) in [6, 6.07) is 7.24. The summed E-state index contributed by atoms with van der Waals surface area (Å²) >= 11 is 0. The fourth-order valence-electron chi connectivity index (χ4n) is 4.93. The Bertz CT molecular complexity index is 1240. The quantitative estimate of drug-likeness (QED) is 0.379. The Hall–Kier alpha value is -3.70. The highest BCUT2D eigenvalue weighted by Crippen LogP contribution is 2.34. The molecule has 2 aliphatic rings. The topological polar surface area (TPSA) is 140 Å². The van der Waals surface area contributed by atoms with Gasteiger partial charge in [0.25, 0.3) is 0 Å². The first-order valence-corrected chi connectivity index (χ1v) is 14.1. The lowest BCUT2D eigenvalue weighted by Gasteiger charge is -2.31. The van der Waals surface area contributed by atoms with Gasteiger partial charge in [0.05, 0.1) is 6.04 Å². The van der Waals surface area contributed by atoms with Gasteiger partial charge in [0.15, 0.2) is 11.5 Å². The van der Waals surface area contributed by atoms with Gasteiger partial charge in [0.1, 0.15) is 30.1 Å². The first-order chi connectivity index (χ1) is 19.6. The number of likely N-dealkylation sites (N-methyl/N-ethyl adjacent to an activating group) is 1. The molecule has 0 saturated heterocycles. The van der Waals surface area contributed by atoms with E-state index < -0.39 is 41.9 Å². The van der Waals surface area contributed by atoms with Crippen LogP contribution in [0.4, 0.5) is 4.39 Å². The van der Waals surface area contributed by atoms with Crippen LogP contribution in [0.3, 0.4) is 0 Å². The van der Waals surface area contributed by atoms with Gasteiger partial charge in [-0.25, -0.2) is 4.39 Å². The number of fused-ring (bicyclic) bond motifs is 1. The minimum atomic E-state index is -1.47. The number of para-hydroxylation sites is 1. The third-order valence-corrected chi connectivity index (χ3v) is 7.72. The molecule has 1 fully saturated rings. The molecule has 11 heteroatoms. The van der Waals surface area contributed by atoms with Crippen LogP contribution in [-0.2, 0) is 20.8 Å². The van der Waals surface area contributed by atoms with E-state index in [1.165, 1.54) is 24.1 Å². The number of rotatable bonds is 3. The Morgan fingerprint density at radius 2 is 1.76 bits per heavy atom. The zero-order valence-electron chi connectivity index (χ0n) is 23.6. The predicted molar refractivity (Wildman–Crippen MR) is 150 cm³/mol. The molecule has 0 radical (unpaired) electrons. The van der Waals surface area contributed by atoms with E-state index >= 15 is 0 Å². The van der Waals surface area contributed by atoms with Crippen LogP contribution >= 0.6 is 0 Å². The molecule has 2 aromatic carbocycles. The number of benzene rings is 2. The van der Waals surface area contributed by atoms with E-state index in [9.17, 15) is 29.0 Å². The molecule has 41 heavy (non-hydrogen) atoms. The monoisotopic (exact) mass is 570 g/mol. The number of carbonyl (C=O) groups excluding carboxylic acids is 3. The fraction of sp³-hybridized carbons (Fsp3) is 0.500. The summed E-state index contributed by atoms with van der Waals surface area (Å²) in [5.41, 5.74) is 1.01. The Morgan fingerprint density at radius 1 is 1.05 bits per heavy atom. The van der Waals surface area contributed by atoms with Crippen molar-refractivity contribution in [1.82, 2.24) is 20.9 Å². The summed E-state index contributed by atoms with van der Waals surface area (Å²) in [4.78, 5) is 41.4. The van der Waals surface area contributed by atoms with Gasteiger partial charge >= 0.3 is 0 Å². The van der Waals surface area contributed by atoms with Crippen LogP contribution in [0.5, 0.6) is 11.5 Å². The second kappa shape index (κ2) is 13.3. The molecule has 0 aromatic heterocycles. The van der Waals surface area contributed by atoms with Crippen molar-refractivity contribution in [3.63, 3.8) is 0 Å². The summed E-state index contributed by atoms with van der Waals surface area (Å²) in [6.45, 7) is 3.96. The molecule has 2 aromatic rings. The van der Waals surface area contributed by atoms with E-state index in [0.717, 1.165) is 30.5 Å². The van der Waals surface area contributed by atoms with Crippen LogP contribution in [0.2, 0.25) is 0 Å². The van der Waals surface area contributed by atoms with Crippen LogP contribution in [0.25, 0.3) is 0 Å². The van der Waals surface area contributed by atoms with E-state index in [-0.39, 0.29) is 35.8 Å². The zero-order chi connectivity index (χ0) is 29.7. The molecule has 5 N–H and O–H groups in total. The van der Waals surface area contributed by atoms with Crippen molar-refractivity contribution >= 4 is 17.7 Å². The molecule has 1 unspecified atom stereocenters. The number of nitrogens with one attached hydrogen (secondary N) is 3. The Kier molecular flexibility index (Phi) is 9.82. The SMILES string of the molecule is C[C@@H]1CN[C@@H](C2CC2)C(=O)N(C)[C@H](C)C(=O)N[C@H](C(O)c2ccc(F)cc2)C(=O)NCCCc2cccc(O)c2O1. The molecule has 1 saturated carbocycles. The van der Waals surface area contributed by atoms with E-state index in [0.29, 0.717) is 25.1 Å². The largest absolute Gasteiger partial charge is 0.504 e. The molecule has 0 spiro atoms. The molecule has 3 amide bonds. The maximum atomic E-state index is 13.5. The van der Waals surface area contributed by atoms with Crippen molar-refractivity contribution in [3.8, 4) is 11.5 Å². The van der Waals surface area contributed by atoms with Crippen LogP contribution < -0.4 is 20.7 Å². The Balaban J connectivity index is 1.61. The van der Waals surface area contributed by atoms with Crippen molar-refractivity contribution in [3.05, 3.63) is 59.4 Å². The first-order valence-electron chi connectivity index (χ1n) is 14.1. The van der Waals surface area contributed by atoms with Gasteiger partial charge in [0, 0.05) is 20.1 Å². The van der Waals surface area contributed by atoms with Crippen molar-refractivity contribution in [2.45, 2.75) is 69.9 Å². The average Bonchev–Trinajstić information content (AvgIpc) is 3.79. The molecule has 1 aliphatic heterocycles. The average molecular weight is 571 g/mol. The number of halogens is 1. The first kappa shape index (κ1) is 30.3. The highest BCUT2D eigenvalue weighted by molar-refractivity contribution is 5.93. The third-order valence-electron chi connectivity index (χ3n) is 7.72. The molecule has 0 bridgehead atoms. The molecule has 222 valence electrons. The molecule has 10 nitrogen and oxygen atoms in total. The Morgan fingerprint density at radius 3 is 2.44 bits per heavy atom. The summed E-state index contributed by atoms with van der Waals surface area (Å²) in [7, 11) is 1.53. The van der Waals surface area contributed by atoms with Crippen molar-refractivity contribution in [2.24, 2.45) is 5.92 Å². The van der Waals surface area contributed by atoms with Gasteiger partial charge < -0.3 is 35.8 Å². The molecule has 1 aliphatic carbocycles. The number of nitrogens with zero attached hydrogens (tertiary/aromatic N) is 1. The van der Waals surface area contributed by atoms with Gasteiger partial charge in [-0.15, -0.1) is 0 Å². The van der Waals surface area contributed by atoms with Gasteiger partial charge in [0.2, 0.25) is 17.7 Å². The maximum Gasteiger partial charge on any atom is 0.245 e. The highest BCUT2D eigenvalue weighted by Gasteiger charge is 2.40. The number of aliphatic hydroxyl groups is 1. The molecular weight excluding hydrogens is 531 g/mol. The Labute approximate surface area is 239 Å². The van der Waals surface area contributed by atoms with Gasteiger partial charge in [-0.1, -0.05) is 24.3 Å². The number of carbonyl (C=O) groups is 3. The lowest BCUT2D eigenvalue weighted by molar-refractivity contribution is -0.142. The number of hydrogen-bond acceptors (Lipinski definition) is 7. The van der Waals surface area contributed by atoms with Crippen LogP contribution in [-0.4, -0.2) is 77.2 Å². The highest BCUT2D eigenvalue weighted by atomic mass is 19.1. The van der Waals surface area contributed by atoms with E-state index in [2.05, 4.69) is 16.0 Å². The van der Waals surface area contributed by atoms with Crippen LogP contribution in [0.15, 0.2) is 42.5 Å². The minimum Gasteiger partial charge on any atom is -0.504 e. The van der Waals surface area contributed by atoms with Crippen LogP contribution in [0.1, 0.15) is 50.3 Å². The summed E-state index contributed by atoms with van der Waals surface area (Å²) < 4.78 is 19.6. The van der Waals surface area contributed by atoms with E-state index in [1.54, 1.807) is 19.1 Å². The van der Waals surface area contributed by atoms with Gasteiger partial charge in [-0.3, -0.25) is 14.4 Å². The number of amides is 3. The summed E-state index contributed by atoms with van der Waals surface area (Å²) in [6.07, 6.45) is 0.891. The second-order valence-corrected chi connectivity index (χ2v) is 10.9. The molecule has 1 heterocycles. The molecular formula is C30H39FN4O6. The van der Waals surface area contributed by atoms with Crippen molar-refractivity contribution in [1.29, 1.82) is 0 Å². The standard InChI is InChI=1S/C30H39FN4O6/c1-17-16-33-24(19-9-10-19)30(40)35(3)18(2)28(38)34-25(26(37)20-11-13-22(31)14-12-20)29(39)32-15-5-7-21-6-4-8-23(36)27(21)41-17/h4,6,8,11-14,17-19,24-26,33,36-37H,5,7,9-10,15-16H2,1-3H3,(H,32,39)(H,34,38)/t17-,18-,24+,25-,26?/m1/s1. The second-order valence-electron chi connectivity index (χ2n) is 10.9. The van der Waals surface area contributed by atoms with Crippen molar-refractivity contribution < 1.29 is 33.7 Å². The lowest BCUT2D eigenvalue weighted by Crippen LogP contribution is -2.57. The summed E-state index contributed by atoms with van der Waals surface area (Å²) in [5, 5.41) is 30.2. The number of ether oxygens (including phenoxy) is 1. The normalized spacial score (nSPS) is 26.1. The summed E-state index contributed by atoms with van der Waals surface area (Å²) in [5.74, 6) is -1.54. The minimum absolute atomic E-state index is 0.00126. The van der Waals surface area contributed by atoms with Crippen LogP contribution in [0, 0.1) is 11.7 Å².